The Morgan fingerprint density at radius 3 is 2.40 bits per heavy atom. The van der Waals surface area contributed by atoms with E-state index in [0.29, 0.717) is 53.1 Å². The third kappa shape index (κ3) is 6.95. The third-order valence-electron chi connectivity index (χ3n) is 13.1. The zero-order chi connectivity index (χ0) is 33.3. The van der Waals surface area contributed by atoms with Crippen LogP contribution in [0.15, 0.2) is 59.9 Å². The van der Waals surface area contributed by atoms with Crippen molar-refractivity contribution in [3.8, 4) is 0 Å². The second-order valence-electron chi connectivity index (χ2n) is 16.4. The normalized spacial score (nSPS) is 32.3. The molecule has 0 aromatic heterocycles. The van der Waals surface area contributed by atoms with Gasteiger partial charge in [-0.25, -0.2) is 4.79 Å². The van der Waals surface area contributed by atoms with E-state index in [1.807, 2.05) is 24.3 Å². The molecule has 256 valence electrons. The lowest BCUT2D eigenvalue weighted by Gasteiger charge is -2.58. The molecular weight excluding hydrogens is 584 g/mol. The van der Waals surface area contributed by atoms with Gasteiger partial charge in [-0.15, -0.1) is 0 Å². The first-order valence-corrected chi connectivity index (χ1v) is 18.4. The lowest BCUT2D eigenvalue weighted by molar-refractivity contribution is -0.281. The molecule has 8 atom stereocenters. The molecule has 4 aliphatic rings. The van der Waals surface area contributed by atoms with Crippen LogP contribution in [0.2, 0.25) is 0 Å². The van der Waals surface area contributed by atoms with Gasteiger partial charge in [0.1, 0.15) is 18.5 Å². The van der Waals surface area contributed by atoms with Crippen LogP contribution in [0, 0.1) is 46.3 Å². The van der Waals surface area contributed by atoms with E-state index in [9.17, 15) is 4.79 Å². The van der Waals surface area contributed by atoms with E-state index in [1.54, 1.807) is 24.3 Å². The molecule has 2 aromatic carbocycles. The van der Waals surface area contributed by atoms with Crippen LogP contribution in [0.4, 0.5) is 11.4 Å². The van der Waals surface area contributed by atoms with Crippen LogP contribution in [0.3, 0.4) is 0 Å². The van der Waals surface area contributed by atoms with Crippen molar-refractivity contribution in [3.05, 3.63) is 71.0 Å². The van der Waals surface area contributed by atoms with Gasteiger partial charge in [-0.3, -0.25) is 0 Å². The summed E-state index contributed by atoms with van der Waals surface area (Å²) in [5, 5.41) is 0. The molecule has 0 heterocycles. The molecule has 8 unspecified atom stereocenters. The van der Waals surface area contributed by atoms with E-state index in [-0.39, 0.29) is 17.5 Å². The number of nitrogen functional groups attached to an aromatic ring is 2. The lowest BCUT2D eigenvalue weighted by atomic mass is 9.46. The summed E-state index contributed by atoms with van der Waals surface area (Å²) in [6.45, 7) is 12.7. The Balaban J connectivity index is 1.24. The van der Waals surface area contributed by atoms with E-state index >= 15 is 0 Å². The molecule has 4 aliphatic carbocycles. The molecule has 0 spiro atoms. The fourth-order valence-electron chi connectivity index (χ4n) is 10.7. The van der Waals surface area contributed by atoms with Crippen LogP contribution >= 0.6 is 0 Å². The molecule has 2 aromatic rings. The number of carbonyl (C=O) groups is 1. The number of ether oxygens (including phenoxy) is 1. The Kier molecular flexibility index (Phi) is 9.99. The number of esters is 1. The number of fused-ring (bicyclic) bond motifs is 5. The molecule has 4 N–H and O–H groups in total. The van der Waals surface area contributed by atoms with Gasteiger partial charge in [0, 0.05) is 24.2 Å². The second-order valence-corrected chi connectivity index (χ2v) is 16.4. The maximum absolute atomic E-state index is 13.2. The summed E-state index contributed by atoms with van der Waals surface area (Å²) >= 11 is 0. The fraction of sp³-hybridized carbons (Fsp3) is 0.634. The summed E-state index contributed by atoms with van der Waals surface area (Å²) < 4.78 is 6.13. The topological polar surface area (TPSA) is 96.8 Å². The highest BCUT2D eigenvalue weighted by molar-refractivity contribution is 5.90. The Hall–Kier alpha value is -2.99. The molecule has 3 saturated carbocycles. The Bertz CT molecular complexity index is 1450. The van der Waals surface area contributed by atoms with Crippen LogP contribution in [0.5, 0.6) is 0 Å². The predicted octanol–water partition coefficient (Wildman–Crippen LogP) is 9.89. The number of anilines is 2. The largest absolute Gasteiger partial charge is 0.458 e. The van der Waals surface area contributed by atoms with Crippen molar-refractivity contribution < 1.29 is 19.3 Å². The standard InChI is InChI=1S/C41H58N2O4/c1-26(2)9-6-10-27(3)34-15-16-35-33-24-38(47-45-25-28-11-7-13-30(42)21-28)37-23-32(46-39(44)29-12-8-14-31(43)22-29)17-19-41(37,5)36(33)18-20-40(34,35)4/h7-8,11-14,21-22,26-27,32-36H,6,9-10,15-20,23-25,42-43H2,1-5H3. The highest BCUT2D eigenvalue weighted by atomic mass is 17.2. The zero-order valence-electron chi connectivity index (χ0n) is 29.4. The first kappa shape index (κ1) is 33.9. The SMILES string of the molecule is CC(C)CCCC(C)C1CCC2C3CC(OOCc4cccc(N)c4)=C4CC(OC(=O)c5cccc(N)c5)CCC4(C)C3CCC12C. The minimum absolute atomic E-state index is 0.00116. The lowest BCUT2D eigenvalue weighted by Crippen LogP contribution is -2.52. The van der Waals surface area contributed by atoms with Crippen molar-refractivity contribution in [2.24, 2.45) is 46.3 Å². The molecule has 0 amide bonds. The molecule has 0 radical (unpaired) electrons. The van der Waals surface area contributed by atoms with Crippen LogP contribution in [-0.4, -0.2) is 12.1 Å². The van der Waals surface area contributed by atoms with Crippen molar-refractivity contribution in [3.63, 3.8) is 0 Å². The number of nitrogens with two attached hydrogens (primary N) is 2. The van der Waals surface area contributed by atoms with E-state index in [4.69, 9.17) is 26.0 Å². The molecular formula is C41H58N2O4. The molecule has 6 rings (SSSR count). The van der Waals surface area contributed by atoms with E-state index in [0.717, 1.165) is 48.3 Å². The Morgan fingerprint density at radius 2 is 1.66 bits per heavy atom. The fourth-order valence-corrected chi connectivity index (χ4v) is 10.7. The molecule has 0 saturated heterocycles. The molecule has 47 heavy (non-hydrogen) atoms. The smallest absolute Gasteiger partial charge is 0.338 e. The first-order valence-electron chi connectivity index (χ1n) is 18.4. The Labute approximate surface area is 282 Å². The second kappa shape index (κ2) is 13.9. The minimum atomic E-state index is -0.312. The molecule has 0 bridgehead atoms. The Morgan fingerprint density at radius 1 is 0.894 bits per heavy atom. The van der Waals surface area contributed by atoms with Crippen molar-refractivity contribution in [2.75, 3.05) is 11.5 Å². The maximum Gasteiger partial charge on any atom is 0.338 e. The summed E-state index contributed by atoms with van der Waals surface area (Å²) in [7, 11) is 0. The summed E-state index contributed by atoms with van der Waals surface area (Å²) in [6, 6.07) is 14.8. The van der Waals surface area contributed by atoms with Gasteiger partial charge in [0.25, 0.3) is 0 Å². The summed E-state index contributed by atoms with van der Waals surface area (Å²) in [5.41, 5.74) is 16.4. The van der Waals surface area contributed by atoms with Gasteiger partial charge in [-0.1, -0.05) is 72.1 Å². The zero-order valence-corrected chi connectivity index (χ0v) is 29.4. The average molecular weight is 643 g/mol. The van der Waals surface area contributed by atoms with Crippen LogP contribution in [-0.2, 0) is 21.1 Å². The summed E-state index contributed by atoms with van der Waals surface area (Å²) in [5.74, 6) is 4.89. The quantitative estimate of drug-likeness (QED) is 0.110. The van der Waals surface area contributed by atoms with Crippen LogP contribution in [0.25, 0.3) is 0 Å². The van der Waals surface area contributed by atoms with Crippen LogP contribution in [0.1, 0.15) is 121 Å². The van der Waals surface area contributed by atoms with Gasteiger partial charge in [0.15, 0.2) is 0 Å². The average Bonchev–Trinajstić information content (AvgIpc) is 3.39. The number of benzene rings is 2. The third-order valence-corrected chi connectivity index (χ3v) is 13.1. The van der Waals surface area contributed by atoms with Crippen molar-refractivity contribution in [1.82, 2.24) is 0 Å². The first-order chi connectivity index (χ1) is 22.5. The van der Waals surface area contributed by atoms with Crippen molar-refractivity contribution >= 4 is 17.3 Å². The summed E-state index contributed by atoms with van der Waals surface area (Å²) in [4.78, 5) is 25.5. The number of allylic oxidation sites excluding steroid dienone is 1. The van der Waals surface area contributed by atoms with Gasteiger partial charge >= 0.3 is 5.97 Å². The number of hydrogen-bond acceptors (Lipinski definition) is 6. The van der Waals surface area contributed by atoms with Gasteiger partial charge in [-0.05, 0) is 126 Å². The number of hydrogen-bond donors (Lipinski definition) is 2. The monoisotopic (exact) mass is 642 g/mol. The van der Waals surface area contributed by atoms with E-state index in [2.05, 4.69) is 34.6 Å². The van der Waals surface area contributed by atoms with Crippen LogP contribution < -0.4 is 11.5 Å². The van der Waals surface area contributed by atoms with Gasteiger partial charge in [-0.2, -0.15) is 4.89 Å². The van der Waals surface area contributed by atoms with Crippen molar-refractivity contribution in [2.45, 2.75) is 118 Å². The predicted molar refractivity (Wildman–Crippen MR) is 189 cm³/mol. The molecule has 3 fully saturated rings. The molecule has 0 aliphatic heterocycles. The molecule has 6 nitrogen and oxygen atoms in total. The number of carbonyl (C=O) groups excluding carboxylic acids is 1. The summed E-state index contributed by atoms with van der Waals surface area (Å²) in [6.07, 6.45) is 12.5. The van der Waals surface area contributed by atoms with Gasteiger partial charge in [0.2, 0.25) is 0 Å². The molecule has 6 heteroatoms. The van der Waals surface area contributed by atoms with E-state index in [1.165, 1.54) is 50.5 Å². The van der Waals surface area contributed by atoms with E-state index < -0.39 is 0 Å². The van der Waals surface area contributed by atoms with Crippen molar-refractivity contribution in [1.29, 1.82) is 0 Å². The number of rotatable bonds is 11. The van der Waals surface area contributed by atoms with Gasteiger partial charge < -0.3 is 21.1 Å². The minimum Gasteiger partial charge on any atom is -0.458 e. The maximum atomic E-state index is 13.2. The van der Waals surface area contributed by atoms with Gasteiger partial charge in [0.05, 0.1) is 5.56 Å². The highest BCUT2D eigenvalue weighted by Crippen LogP contribution is 2.68. The highest BCUT2D eigenvalue weighted by Gasteiger charge is 2.61.